The van der Waals surface area contributed by atoms with Crippen LogP contribution in [0.1, 0.15) is 13.8 Å². The monoisotopic (exact) mass is 323 g/mol. The Labute approximate surface area is 134 Å². The number of hydrogen-bond donors (Lipinski definition) is 2. The highest BCUT2D eigenvalue weighted by Crippen LogP contribution is 2.26. The molecular weight excluding hydrogens is 306 g/mol. The molecule has 0 aliphatic rings. The number of rotatable bonds is 6. The number of benzene rings is 1. The van der Waals surface area contributed by atoms with Gasteiger partial charge in [0.05, 0.1) is 10.4 Å². The molecular formula is C14H18ClN5O2. The third-order valence-corrected chi connectivity index (χ3v) is 2.72. The van der Waals surface area contributed by atoms with Crippen LogP contribution in [0.4, 0.5) is 17.5 Å². The quantitative estimate of drug-likeness (QED) is 0.481. The van der Waals surface area contributed by atoms with Crippen LogP contribution < -0.4 is 10.6 Å². The van der Waals surface area contributed by atoms with E-state index in [4.69, 9.17) is 0 Å². The van der Waals surface area contributed by atoms with Crippen LogP contribution in [0.2, 0.25) is 0 Å². The molecule has 0 aliphatic carbocycles. The molecule has 2 rings (SSSR count). The molecule has 0 saturated carbocycles. The van der Waals surface area contributed by atoms with Crippen molar-refractivity contribution in [3.63, 3.8) is 0 Å². The molecule has 118 valence electrons. The summed E-state index contributed by atoms with van der Waals surface area (Å²) >= 11 is 0. The van der Waals surface area contributed by atoms with Gasteiger partial charge in [-0.1, -0.05) is 6.08 Å². The van der Waals surface area contributed by atoms with Gasteiger partial charge in [0.15, 0.2) is 0 Å². The lowest BCUT2D eigenvalue weighted by Gasteiger charge is -2.13. The molecule has 7 nitrogen and oxygen atoms in total. The lowest BCUT2D eigenvalue weighted by atomic mass is 10.2. The fourth-order valence-electron chi connectivity index (χ4n) is 1.86. The van der Waals surface area contributed by atoms with E-state index in [2.05, 4.69) is 27.2 Å². The van der Waals surface area contributed by atoms with E-state index in [9.17, 15) is 10.1 Å². The first-order valence-electron chi connectivity index (χ1n) is 6.58. The van der Waals surface area contributed by atoms with Crippen molar-refractivity contribution in [2.45, 2.75) is 19.9 Å². The number of fused-ring (bicyclic) bond motifs is 1. The number of hydrogen-bond acceptors (Lipinski definition) is 6. The SMILES string of the molecule is C=CCNc1nc(NC(C)C)c2cc([N+](=O)[O-])ccc2n1.Cl. The minimum atomic E-state index is -0.428. The van der Waals surface area contributed by atoms with Crippen molar-refractivity contribution >= 4 is 40.8 Å². The summed E-state index contributed by atoms with van der Waals surface area (Å²) in [6, 6.07) is 4.69. The number of nitrogens with zero attached hydrogens (tertiary/aromatic N) is 3. The maximum absolute atomic E-state index is 10.9. The minimum absolute atomic E-state index is 0. The van der Waals surface area contributed by atoms with Gasteiger partial charge in [0.25, 0.3) is 5.69 Å². The standard InChI is InChI=1S/C14H17N5O2.ClH/c1-4-7-15-14-17-12-6-5-10(19(20)21)8-11(12)13(18-14)16-9(2)3;/h4-6,8-9H,1,7H2,2-3H3,(H2,15,16,17,18);1H. The third kappa shape index (κ3) is 4.05. The van der Waals surface area contributed by atoms with Crippen molar-refractivity contribution in [3.05, 3.63) is 41.0 Å². The summed E-state index contributed by atoms with van der Waals surface area (Å²) < 4.78 is 0. The molecule has 1 heterocycles. The fourth-order valence-corrected chi connectivity index (χ4v) is 1.86. The highest BCUT2D eigenvalue weighted by molar-refractivity contribution is 5.91. The van der Waals surface area contributed by atoms with Crippen molar-refractivity contribution in [3.8, 4) is 0 Å². The van der Waals surface area contributed by atoms with E-state index in [1.165, 1.54) is 12.1 Å². The van der Waals surface area contributed by atoms with E-state index >= 15 is 0 Å². The van der Waals surface area contributed by atoms with Gasteiger partial charge in [-0.25, -0.2) is 4.98 Å². The van der Waals surface area contributed by atoms with Gasteiger partial charge in [0, 0.05) is 30.1 Å². The van der Waals surface area contributed by atoms with Crippen LogP contribution in [-0.4, -0.2) is 27.5 Å². The summed E-state index contributed by atoms with van der Waals surface area (Å²) in [6.07, 6.45) is 1.71. The molecule has 1 aromatic heterocycles. The average molecular weight is 324 g/mol. The van der Waals surface area contributed by atoms with Crippen molar-refractivity contribution in [1.82, 2.24) is 9.97 Å². The predicted octanol–water partition coefficient (Wildman–Crippen LogP) is 3.38. The van der Waals surface area contributed by atoms with Gasteiger partial charge in [-0.05, 0) is 19.9 Å². The number of nitrogens with one attached hydrogen (secondary N) is 2. The van der Waals surface area contributed by atoms with Crippen molar-refractivity contribution in [1.29, 1.82) is 0 Å². The van der Waals surface area contributed by atoms with Gasteiger partial charge in [0.2, 0.25) is 5.95 Å². The number of aromatic nitrogens is 2. The van der Waals surface area contributed by atoms with E-state index in [1.807, 2.05) is 13.8 Å². The van der Waals surface area contributed by atoms with Gasteiger partial charge < -0.3 is 10.6 Å². The molecule has 2 N–H and O–H groups in total. The molecule has 0 aliphatic heterocycles. The lowest BCUT2D eigenvalue weighted by Crippen LogP contribution is -2.13. The Morgan fingerprint density at radius 1 is 1.41 bits per heavy atom. The second-order valence-electron chi connectivity index (χ2n) is 4.82. The maximum Gasteiger partial charge on any atom is 0.270 e. The van der Waals surface area contributed by atoms with Crippen LogP contribution in [0.15, 0.2) is 30.9 Å². The number of halogens is 1. The van der Waals surface area contributed by atoms with Gasteiger partial charge in [0.1, 0.15) is 5.82 Å². The number of nitro benzene ring substituents is 1. The minimum Gasteiger partial charge on any atom is -0.367 e. The van der Waals surface area contributed by atoms with Gasteiger partial charge >= 0.3 is 0 Å². The zero-order valence-corrected chi connectivity index (χ0v) is 13.2. The number of non-ortho nitro benzene ring substituents is 1. The lowest BCUT2D eigenvalue weighted by molar-refractivity contribution is -0.384. The Hall–Kier alpha value is -2.41. The molecule has 1 aromatic carbocycles. The molecule has 0 bridgehead atoms. The molecule has 0 fully saturated rings. The summed E-state index contributed by atoms with van der Waals surface area (Å²) in [5.74, 6) is 1.03. The summed E-state index contributed by atoms with van der Waals surface area (Å²) in [5, 5.41) is 17.7. The van der Waals surface area contributed by atoms with Crippen LogP contribution in [0.5, 0.6) is 0 Å². The summed E-state index contributed by atoms with van der Waals surface area (Å²) in [5.41, 5.74) is 0.662. The molecule has 0 amide bonds. The fraction of sp³-hybridized carbons (Fsp3) is 0.286. The topological polar surface area (TPSA) is 93.0 Å². The molecule has 2 aromatic rings. The van der Waals surface area contributed by atoms with Crippen LogP contribution in [-0.2, 0) is 0 Å². The smallest absolute Gasteiger partial charge is 0.270 e. The van der Waals surface area contributed by atoms with Gasteiger partial charge in [-0.15, -0.1) is 19.0 Å². The Morgan fingerprint density at radius 3 is 2.73 bits per heavy atom. The van der Waals surface area contributed by atoms with E-state index < -0.39 is 4.92 Å². The molecule has 22 heavy (non-hydrogen) atoms. The maximum atomic E-state index is 10.9. The molecule has 0 saturated heterocycles. The first kappa shape index (κ1) is 17.6. The summed E-state index contributed by atoms with van der Waals surface area (Å²) in [4.78, 5) is 19.2. The Morgan fingerprint density at radius 2 is 2.14 bits per heavy atom. The molecule has 0 radical (unpaired) electrons. The Kier molecular flexibility index (Phi) is 6.06. The van der Waals surface area contributed by atoms with E-state index in [0.29, 0.717) is 29.2 Å². The van der Waals surface area contributed by atoms with E-state index in [1.54, 1.807) is 12.1 Å². The third-order valence-electron chi connectivity index (χ3n) is 2.72. The second kappa shape index (κ2) is 7.56. The van der Waals surface area contributed by atoms with E-state index in [-0.39, 0.29) is 24.1 Å². The van der Waals surface area contributed by atoms with Gasteiger partial charge in [-0.3, -0.25) is 10.1 Å². The Bertz CT molecular complexity index is 690. The highest BCUT2D eigenvalue weighted by atomic mass is 35.5. The molecule has 0 atom stereocenters. The van der Waals surface area contributed by atoms with Crippen LogP contribution in [0, 0.1) is 10.1 Å². The number of anilines is 2. The van der Waals surface area contributed by atoms with Crippen molar-refractivity contribution in [2.24, 2.45) is 0 Å². The molecule has 0 unspecified atom stereocenters. The number of nitro groups is 1. The molecule has 0 spiro atoms. The predicted molar refractivity (Wildman–Crippen MR) is 90.9 cm³/mol. The van der Waals surface area contributed by atoms with Crippen molar-refractivity contribution in [2.75, 3.05) is 17.2 Å². The zero-order chi connectivity index (χ0) is 15.4. The van der Waals surface area contributed by atoms with E-state index in [0.717, 1.165) is 0 Å². The molecule has 8 heteroatoms. The van der Waals surface area contributed by atoms with Crippen LogP contribution >= 0.6 is 12.4 Å². The van der Waals surface area contributed by atoms with Crippen LogP contribution in [0.25, 0.3) is 10.9 Å². The first-order valence-corrected chi connectivity index (χ1v) is 6.58. The summed E-state index contributed by atoms with van der Waals surface area (Å²) in [6.45, 7) is 8.12. The first-order chi connectivity index (χ1) is 10.0. The average Bonchev–Trinajstić information content (AvgIpc) is 2.44. The van der Waals surface area contributed by atoms with Crippen LogP contribution in [0.3, 0.4) is 0 Å². The van der Waals surface area contributed by atoms with Crippen molar-refractivity contribution < 1.29 is 4.92 Å². The zero-order valence-electron chi connectivity index (χ0n) is 12.4. The highest BCUT2D eigenvalue weighted by Gasteiger charge is 2.13. The van der Waals surface area contributed by atoms with Gasteiger partial charge in [-0.2, -0.15) is 4.98 Å². The second-order valence-corrected chi connectivity index (χ2v) is 4.82. The largest absolute Gasteiger partial charge is 0.367 e. The normalized spacial score (nSPS) is 10.1. The Balaban J connectivity index is 0.00000242. The summed E-state index contributed by atoms with van der Waals surface area (Å²) in [7, 11) is 0.